The topological polar surface area (TPSA) is 0 Å². The minimum absolute atomic E-state index is 1.04. The Labute approximate surface area is 161 Å². The number of hydrogen-bond donors (Lipinski definition) is 0. The van der Waals surface area contributed by atoms with E-state index < -0.39 is 0 Å². The van der Waals surface area contributed by atoms with Crippen LogP contribution >= 0.6 is 15.9 Å². The van der Waals surface area contributed by atoms with Gasteiger partial charge in [0.2, 0.25) is 0 Å². The van der Waals surface area contributed by atoms with E-state index in [1.165, 1.54) is 56.7 Å². The molecule has 0 heterocycles. The molecule has 0 radical (unpaired) electrons. The molecule has 6 atom stereocenters. The molecule has 2 aliphatic rings. The van der Waals surface area contributed by atoms with Gasteiger partial charge in [0.05, 0.1) is 0 Å². The van der Waals surface area contributed by atoms with Crippen LogP contribution in [0.3, 0.4) is 0 Å². The molecule has 1 heteroatoms. The standard InChI is InChI=1S/C23H43Br/c1-4-7-9-21-17-19(16-20(21)6-3)11-12-23-15-18(5-2)14-22(23)10-8-13-24/h18-23H,4-17H2,1-3H3. The summed E-state index contributed by atoms with van der Waals surface area (Å²) in [6.45, 7) is 7.20. The third-order valence-electron chi connectivity index (χ3n) is 7.56. The maximum absolute atomic E-state index is 3.64. The van der Waals surface area contributed by atoms with Crippen molar-refractivity contribution < 1.29 is 0 Å². The monoisotopic (exact) mass is 398 g/mol. The van der Waals surface area contributed by atoms with Crippen LogP contribution in [0.5, 0.6) is 0 Å². The fraction of sp³-hybridized carbons (Fsp3) is 1.00. The molecule has 0 nitrogen and oxygen atoms in total. The molecule has 0 aromatic rings. The summed E-state index contributed by atoms with van der Waals surface area (Å²) in [4.78, 5) is 0. The summed E-state index contributed by atoms with van der Waals surface area (Å²) in [5.74, 6) is 6.33. The largest absolute Gasteiger partial charge is 0.0928 e. The zero-order valence-corrected chi connectivity index (χ0v) is 18.3. The van der Waals surface area contributed by atoms with Crippen molar-refractivity contribution in [2.45, 2.75) is 104 Å². The summed E-state index contributed by atoms with van der Waals surface area (Å²) in [5, 5.41) is 1.20. The van der Waals surface area contributed by atoms with Gasteiger partial charge in [0.25, 0.3) is 0 Å². The highest BCUT2D eigenvalue weighted by atomic mass is 79.9. The fourth-order valence-corrected chi connectivity index (χ4v) is 6.38. The molecule has 142 valence electrons. The second-order valence-electron chi connectivity index (χ2n) is 9.08. The quantitative estimate of drug-likeness (QED) is 0.307. The maximum atomic E-state index is 3.64. The number of alkyl halides is 1. The van der Waals surface area contributed by atoms with Gasteiger partial charge in [-0.3, -0.25) is 0 Å². The molecule has 0 saturated heterocycles. The molecule has 0 N–H and O–H groups in total. The average molecular weight is 400 g/mol. The van der Waals surface area contributed by atoms with Crippen LogP contribution in [0.1, 0.15) is 104 Å². The molecule has 24 heavy (non-hydrogen) atoms. The lowest BCUT2D eigenvalue weighted by Crippen LogP contribution is -2.10. The summed E-state index contributed by atoms with van der Waals surface area (Å²) < 4.78 is 0. The highest BCUT2D eigenvalue weighted by Crippen LogP contribution is 2.47. The molecule has 0 bridgehead atoms. The van der Waals surface area contributed by atoms with Gasteiger partial charge in [-0.2, -0.15) is 0 Å². The Morgan fingerprint density at radius 1 is 0.625 bits per heavy atom. The molecule has 0 amide bonds. The lowest BCUT2D eigenvalue weighted by Gasteiger charge is -2.21. The predicted octanol–water partition coefficient (Wildman–Crippen LogP) is 8.24. The first kappa shape index (κ1) is 20.8. The molecule has 0 aliphatic heterocycles. The molecule has 2 rings (SSSR count). The molecular weight excluding hydrogens is 356 g/mol. The van der Waals surface area contributed by atoms with E-state index >= 15 is 0 Å². The smallest absolute Gasteiger partial charge is 0.00314 e. The van der Waals surface area contributed by atoms with Crippen molar-refractivity contribution in [1.29, 1.82) is 0 Å². The van der Waals surface area contributed by atoms with Crippen LogP contribution in [0.2, 0.25) is 0 Å². The van der Waals surface area contributed by atoms with Gasteiger partial charge in [-0.05, 0) is 80.5 Å². The Morgan fingerprint density at radius 3 is 1.83 bits per heavy atom. The summed E-state index contributed by atoms with van der Waals surface area (Å²) in [7, 11) is 0. The first-order valence-corrected chi connectivity index (χ1v) is 12.4. The van der Waals surface area contributed by atoms with Crippen LogP contribution in [-0.4, -0.2) is 5.33 Å². The minimum atomic E-state index is 1.04. The van der Waals surface area contributed by atoms with Gasteiger partial charge in [0.1, 0.15) is 0 Å². The van der Waals surface area contributed by atoms with Crippen molar-refractivity contribution in [3.8, 4) is 0 Å². The zero-order chi connectivity index (χ0) is 17.4. The van der Waals surface area contributed by atoms with Crippen molar-refractivity contribution in [2.75, 3.05) is 5.33 Å². The molecule has 0 spiro atoms. The molecule has 0 aromatic heterocycles. The SMILES string of the molecule is CCCCC1CC(CCC2CC(CC)CC2CCCBr)CC1CC. The van der Waals surface area contributed by atoms with Gasteiger partial charge in [0.15, 0.2) is 0 Å². The van der Waals surface area contributed by atoms with Gasteiger partial charge in [-0.1, -0.05) is 75.2 Å². The third-order valence-corrected chi connectivity index (χ3v) is 8.12. The summed E-state index contributed by atoms with van der Waals surface area (Å²) >= 11 is 3.64. The Bertz CT molecular complexity index is 326. The molecule has 2 aliphatic carbocycles. The highest BCUT2D eigenvalue weighted by molar-refractivity contribution is 9.09. The van der Waals surface area contributed by atoms with E-state index in [0.29, 0.717) is 0 Å². The lowest BCUT2D eigenvalue weighted by atomic mass is 9.85. The van der Waals surface area contributed by atoms with Crippen LogP contribution in [0.15, 0.2) is 0 Å². The predicted molar refractivity (Wildman–Crippen MR) is 112 cm³/mol. The summed E-state index contributed by atoms with van der Waals surface area (Å²) in [5.41, 5.74) is 0. The van der Waals surface area contributed by atoms with Crippen molar-refractivity contribution >= 4 is 15.9 Å². The number of hydrogen-bond acceptors (Lipinski definition) is 0. The Kier molecular flexibility index (Phi) is 9.74. The second kappa shape index (κ2) is 11.2. The van der Waals surface area contributed by atoms with E-state index in [4.69, 9.17) is 0 Å². The highest BCUT2D eigenvalue weighted by Gasteiger charge is 2.35. The van der Waals surface area contributed by atoms with Gasteiger partial charge < -0.3 is 0 Å². The Morgan fingerprint density at radius 2 is 1.21 bits per heavy atom. The molecule has 2 saturated carbocycles. The van der Waals surface area contributed by atoms with Crippen LogP contribution in [0.4, 0.5) is 0 Å². The van der Waals surface area contributed by atoms with E-state index in [9.17, 15) is 0 Å². The van der Waals surface area contributed by atoms with Crippen molar-refractivity contribution in [2.24, 2.45) is 35.5 Å². The molecule has 2 fully saturated rings. The first-order chi connectivity index (χ1) is 11.7. The second-order valence-corrected chi connectivity index (χ2v) is 9.88. The van der Waals surface area contributed by atoms with Gasteiger partial charge >= 0.3 is 0 Å². The van der Waals surface area contributed by atoms with Crippen LogP contribution in [0.25, 0.3) is 0 Å². The van der Waals surface area contributed by atoms with E-state index in [0.717, 1.165) is 35.5 Å². The van der Waals surface area contributed by atoms with E-state index in [1.807, 2.05) is 0 Å². The van der Waals surface area contributed by atoms with E-state index in [1.54, 1.807) is 32.1 Å². The first-order valence-electron chi connectivity index (χ1n) is 11.3. The number of rotatable bonds is 11. The summed E-state index contributed by atoms with van der Waals surface area (Å²) in [6.07, 6.45) is 19.4. The van der Waals surface area contributed by atoms with Crippen LogP contribution < -0.4 is 0 Å². The van der Waals surface area contributed by atoms with E-state index in [-0.39, 0.29) is 0 Å². The van der Waals surface area contributed by atoms with Crippen LogP contribution in [0, 0.1) is 35.5 Å². The zero-order valence-electron chi connectivity index (χ0n) is 16.7. The van der Waals surface area contributed by atoms with E-state index in [2.05, 4.69) is 36.7 Å². The minimum Gasteiger partial charge on any atom is -0.0928 e. The number of unbranched alkanes of at least 4 members (excludes halogenated alkanes) is 1. The van der Waals surface area contributed by atoms with Gasteiger partial charge in [-0.25, -0.2) is 0 Å². The number of halogens is 1. The van der Waals surface area contributed by atoms with Crippen LogP contribution in [-0.2, 0) is 0 Å². The van der Waals surface area contributed by atoms with Crippen molar-refractivity contribution in [3.05, 3.63) is 0 Å². The third kappa shape index (κ3) is 6.03. The molecule has 6 unspecified atom stereocenters. The van der Waals surface area contributed by atoms with Crippen molar-refractivity contribution in [1.82, 2.24) is 0 Å². The summed E-state index contributed by atoms with van der Waals surface area (Å²) in [6, 6.07) is 0. The molecule has 0 aromatic carbocycles. The van der Waals surface area contributed by atoms with Gasteiger partial charge in [-0.15, -0.1) is 0 Å². The maximum Gasteiger partial charge on any atom is 0.00314 e. The van der Waals surface area contributed by atoms with Crippen molar-refractivity contribution in [3.63, 3.8) is 0 Å². The Balaban J connectivity index is 1.78. The normalized spacial score (nSPS) is 36.5. The average Bonchev–Trinajstić information content (AvgIpc) is 3.19. The fourth-order valence-electron chi connectivity index (χ4n) is 6.06. The lowest BCUT2D eigenvalue weighted by molar-refractivity contribution is 0.306. The molecular formula is C23H43Br. The Hall–Kier alpha value is 0.480. The van der Waals surface area contributed by atoms with Gasteiger partial charge in [0, 0.05) is 5.33 Å².